The average molecular weight is 351 g/mol. The number of nitrogens with zero attached hydrogens (tertiary/aromatic N) is 1. The zero-order valence-electron chi connectivity index (χ0n) is 14.9. The minimum atomic E-state index is -0.0438. The van der Waals surface area contributed by atoms with Crippen molar-refractivity contribution in [1.82, 2.24) is 0 Å². The van der Waals surface area contributed by atoms with E-state index in [0.29, 0.717) is 22.6 Å². The molecule has 3 rings (SSSR count). The molecule has 134 valence electrons. The van der Waals surface area contributed by atoms with E-state index >= 15 is 0 Å². The predicted molar refractivity (Wildman–Crippen MR) is 102 cm³/mol. The minimum Gasteiger partial charge on any atom is -0.508 e. The molecule has 0 spiro atoms. The van der Waals surface area contributed by atoms with E-state index < -0.39 is 0 Å². The third-order valence-corrected chi connectivity index (χ3v) is 4.50. The summed E-state index contributed by atoms with van der Waals surface area (Å²) in [4.78, 5) is 1.73. The number of anilines is 3. The van der Waals surface area contributed by atoms with E-state index in [4.69, 9.17) is 0 Å². The van der Waals surface area contributed by atoms with Crippen molar-refractivity contribution >= 4 is 17.1 Å². The van der Waals surface area contributed by atoms with Crippen molar-refractivity contribution in [1.29, 1.82) is 0 Å². The van der Waals surface area contributed by atoms with Crippen LogP contribution in [0.5, 0.6) is 23.0 Å². The average Bonchev–Trinajstić information content (AvgIpc) is 2.59. The van der Waals surface area contributed by atoms with Crippen LogP contribution in [-0.4, -0.2) is 20.4 Å². The van der Waals surface area contributed by atoms with Crippen LogP contribution in [0.1, 0.15) is 16.7 Å². The quantitative estimate of drug-likeness (QED) is 0.539. The van der Waals surface area contributed by atoms with Crippen LogP contribution in [0.2, 0.25) is 0 Å². The first-order valence-corrected chi connectivity index (χ1v) is 8.20. The highest BCUT2D eigenvalue weighted by atomic mass is 16.3. The Labute approximate surface area is 152 Å². The Morgan fingerprint density at radius 2 is 0.923 bits per heavy atom. The summed E-state index contributed by atoms with van der Waals surface area (Å²) < 4.78 is 0. The largest absolute Gasteiger partial charge is 0.508 e. The van der Waals surface area contributed by atoms with Crippen molar-refractivity contribution in [2.75, 3.05) is 4.90 Å². The number of phenolic OH excluding ortho intramolecular Hbond substituents is 4. The van der Waals surface area contributed by atoms with E-state index in [1.807, 2.05) is 12.1 Å². The van der Waals surface area contributed by atoms with Crippen LogP contribution < -0.4 is 4.90 Å². The van der Waals surface area contributed by atoms with Crippen molar-refractivity contribution in [3.05, 3.63) is 65.2 Å². The van der Waals surface area contributed by atoms with E-state index in [-0.39, 0.29) is 23.0 Å². The van der Waals surface area contributed by atoms with E-state index in [1.165, 1.54) is 12.1 Å². The molecule has 0 atom stereocenters. The van der Waals surface area contributed by atoms with Crippen molar-refractivity contribution in [2.45, 2.75) is 20.8 Å². The molecule has 0 aliphatic rings. The van der Waals surface area contributed by atoms with Crippen LogP contribution in [-0.2, 0) is 0 Å². The maximum Gasteiger partial charge on any atom is 0.124 e. The van der Waals surface area contributed by atoms with Gasteiger partial charge in [0.25, 0.3) is 0 Å². The Morgan fingerprint density at radius 3 is 1.31 bits per heavy atom. The van der Waals surface area contributed by atoms with E-state index in [9.17, 15) is 20.4 Å². The maximum absolute atomic E-state index is 10.1. The monoisotopic (exact) mass is 351 g/mol. The number of aromatic hydroxyl groups is 4. The first-order chi connectivity index (χ1) is 12.3. The molecule has 3 aromatic carbocycles. The number of rotatable bonds is 3. The molecule has 0 amide bonds. The molecule has 5 heteroatoms. The molecule has 4 N–H and O–H groups in total. The van der Waals surface area contributed by atoms with Gasteiger partial charge in [0, 0.05) is 41.2 Å². The Hall–Kier alpha value is -3.34. The van der Waals surface area contributed by atoms with Crippen molar-refractivity contribution in [3.8, 4) is 23.0 Å². The molecule has 0 radical (unpaired) electrons. The zero-order valence-corrected chi connectivity index (χ0v) is 14.9. The number of hydrogen-bond acceptors (Lipinski definition) is 5. The summed E-state index contributed by atoms with van der Waals surface area (Å²) in [7, 11) is 0. The van der Waals surface area contributed by atoms with Crippen molar-refractivity contribution < 1.29 is 20.4 Å². The van der Waals surface area contributed by atoms with Gasteiger partial charge in [-0.25, -0.2) is 0 Å². The van der Waals surface area contributed by atoms with Gasteiger partial charge in [-0.15, -0.1) is 0 Å². The van der Waals surface area contributed by atoms with Gasteiger partial charge in [0.15, 0.2) is 0 Å². The van der Waals surface area contributed by atoms with Crippen LogP contribution in [0.3, 0.4) is 0 Å². The second-order valence-electron chi connectivity index (χ2n) is 6.39. The summed E-state index contributed by atoms with van der Waals surface area (Å²) >= 11 is 0. The van der Waals surface area contributed by atoms with Crippen molar-refractivity contribution in [3.63, 3.8) is 0 Å². The lowest BCUT2D eigenvalue weighted by molar-refractivity contribution is 0.443. The van der Waals surface area contributed by atoms with Gasteiger partial charge < -0.3 is 25.3 Å². The first-order valence-electron chi connectivity index (χ1n) is 8.20. The Balaban J connectivity index is 2.24. The fraction of sp³-hybridized carbons (Fsp3) is 0.143. The summed E-state index contributed by atoms with van der Waals surface area (Å²) in [5.74, 6) is 0.170. The van der Waals surface area contributed by atoms with Gasteiger partial charge in [-0.1, -0.05) is 12.1 Å². The predicted octanol–water partition coefficient (Wildman–Crippen LogP) is 4.90. The smallest absolute Gasteiger partial charge is 0.124 e. The van der Waals surface area contributed by atoms with E-state index in [1.54, 1.807) is 49.9 Å². The molecule has 0 aliphatic heterocycles. The van der Waals surface area contributed by atoms with E-state index in [0.717, 1.165) is 11.1 Å². The lowest BCUT2D eigenvalue weighted by atomic mass is 10.1. The van der Waals surface area contributed by atoms with Gasteiger partial charge in [-0.2, -0.15) is 0 Å². The highest BCUT2D eigenvalue weighted by molar-refractivity contribution is 5.80. The standard InChI is InChI=1S/C21H21NO4/c1-12-4-6-15(8-18(12)23)22(16-7-5-13(2)19(24)9-16)17-10-20(25)14(3)21(26)11-17/h4-11,23-26H,1-3H3. The van der Waals surface area contributed by atoms with Gasteiger partial charge in [0.1, 0.15) is 23.0 Å². The SMILES string of the molecule is Cc1ccc(N(c2ccc(C)c(O)c2)c2cc(O)c(C)c(O)c2)cc1O. The third-order valence-electron chi connectivity index (χ3n) is 4.50. The van der Waals surface area contributed by atoms with Crippen molar-refractivity contribution in [2.24, 2.45) is 0 Å². The Bertz CT molecular complexity index is 907. The van der Waals surface area contributed by atoms with Crippen LogP contribution in [0, 0.1) is 20.8 Å². The summed E-state index contributed by atoms with van der Waals surface area (Å²) in [5.41, 5.74) is 3.59. The van der Waals surface area contributed by atoms with Crippen LogP contribution in [0.4, 0.5) is 17.1 Å². The molecule has 26 heavy (non-hydrogen) atoms. The van der Waals surface area contributed by atoms with Gasteiger partial charge in [-0.3, -0.25) is 0 Å². The minimum absolute atomic E-state index is 0.0438. The van der Waals surface area contributed by atoms with Gasteiger partial charge >= 0.3 is 0 Å². The molecule has 0 fully saturated rings. The zero-order chi connectivity index (χ0) is 19.0. The molecule has 0 aliphatic carbocycles. The molecule has 0 heterocycles. The highest BCUT2D eigenvalue weighted by Crippen LogP contribution is 2.42. The first kappa shape index (κ1) is 17.5. The summed E-state index contributed by atoms with van der Waals surface area (Å²) in [6.07, 6.45) is 0. The topological polar surface area (TPSA) is 84.2 Å². The fourth-order valence-electron chi connectivity index (χ4n) is 2.72. The molecular formula is C21H21NO4. The fourth-order valence-corrected chi connectivity index (χ4v) is 2.72. The number of phenols is 4. The normalized spacial score (nSPS) is 10.7. The Morgan fingerprint density at radius 1 is 0.538 bits per heavy atom. The molecular weight excluding hydrogens is 330 g/mol. The summed E-state index contributed by atoms with van der Waals surface area (Å²) in [5, 5.41) is 40.5. The number of benzene rings is 3. The molecule has 0 saturated heterocycles. The summed E-state index contributed by atoms with van der Waals surface area (Å²) in [6.45, 7) is 5.21. The lowest BCUT2D eigenvalue weighted by Crippen LogP contribution is -2.10. The molecule has 0 bridgehead atoms. The molecule has 0 aromatic heterocycles. The number of hydrogen-bond donors (Lipinski definition) is 4. The molecule has 3 aromatic rings. The van der Waals surface area contributed by atoms with Gasteiger partial charge in [0.05, 0.1) is 5.69 Å². The van der Waals surface area contributed by atoms with Crippen LogP contribution >= 0.6 is 0 Å². The lowest BCUT2D eigenvalue weighted by Gasteiger charge is -2.26. The number of aryl methyl sites for hydroxylation is 2. The van der Waals surface area contributed by atoms with E-state index in [2.05, 4.69) is 0 Å². The van der Waals surface area contributed by atoms with Gasteiger partial charge in [-0.05, 0) is 44.0 Å². The molecule has 0 saturated carbocycles. The Kier molecular flexibility index (Phi) is 4.38. The van der Waals surface area contributed by atoms with Crippen LogP contribution in [0.15, 0.2) is 48.5 Å². The summed E-state index contributed by atoms with van der Waals surface area (Å²) in [6, 6.07) is 13.4. The molecule has 0 unspecified atom stereocenters. The van der Waals surface area contributed by atoms with Gasteiger partial charge in [0.2, 0.25) is 0 Å². The highest BCUT2D eigenvalue weighted by Gasteiger charge is 2.17. The second kappa shape index (κ2) is 6.52. The van der Waals surface area contributed by atoms with Crippen LogP contribution in [0.25, 0.3) is 0 Å². The third kappa shape index (κ3) is 3.11. The molecule has 5 nitrogen and oxygen atoms in total. The maximum atomic E-state index is 10.1. The second-order valence-corrected chi connectivity index (χ2v) is 6.39.